The molecule has 0 aliphatic carbocycles. The number of rotatable bonds is 5. The number of aromatic nitrogens is 1. The lowest BCUT2D eigenvalue weighted by atomic mass is 10.1. The summed E-state index contributed by atoms with van der Waals surface area (Å²) in [5.74, 6) is 0. The van der Waals surface area contributed by atoms with Gasteiger partial charge in [0.05, 0.1) is 12.6 Å². The molecule has 1 N–H and O–H groups in total. The van der Waals surface area contributed by atoms with Crippen LogP contribution < -0.4 is 5.43 Å². The van der Waals surface area contributed by atoms with Crippen molar-refractivity contribution >= 4 is 0 Å². The number of hydrogen-bond acceptors (Lipinski definition) is 2. The van der Waals surface area contributed by atoms with Gasteiger partial charge in [0.25, 0.3) is 0 Å². The number of methoxy groups -OCH3 is 1. The van der Waals surface area contributed by atoms with Gasteiger partial charge in [-0.3, -0.25) is 4.68 Å². The lowest BCUT2D eigenvalue weighted by Gasteiger charge is -2.21. The molecule has 0 spiro atoms. The smallest absolute Gasteiger partial charge is 0.0907 e. The first-order valence-electron chi connectivity index (χ1n) is 5.75. The number of aryl methyl sites for hydroxylation is 1. The minimum Gasteiger partial charge on any atom is -0.382 e. The van der Waals surface area contributed by atoms with E-state index in [0.717, 1.165) is 0 Å². The molecule has 17 heavy (non-hydrogen) atoms. The maximum Gasteiger partial charge on any atom is 0.0907 e. The van der Waals surface area contributed by atoms with Gasteiger partial charge in [0, 0.05) is 19.0 Å². The van der Waals surface area contributed by atoms with E-state index >= 15 is 0 Å². The quantitative estimate of drug-likeness (QED) is 0.854. The second kappa shape index (κ2) is 5.55. The molecular weight excluding hydrogens is 212 g/mol. The van der Waals surface area contributed by atoms with Crippen LogP contribution in [0.5, 0.6) is 0 Å². The van der Waals surface area contributed by atoms with Gasteiger partial charge in [-0.05, 0) is 24.6 Å². The van der Waals surface area contributed by atoms with Gasteiger partial charge >= 0.3 is 0 Å². The van der Waals surface area contributed by atoms with Crippen LogP contribution in [0.2, 0.25) is 0 Å². The number of ether oxygens (including phenoxy) is 1. The molecule has 2 aromatic rings. The Labute approximate surface area is 102 Å². The fourth-order valence-corrected chi connectivity index (χ4v) is 1.84. The molecule has 90 valence electrons. The summed E-state index contributed by atoms with van der Waals surface area (Å²) in [6.07, 6.45) is 2.01. The van der Waals surface area contributed by atoms with Crippen LogP contribution in [0.1, 0.15) is 17.3 Å². The standard InChI is InChI=1S/C14H18N2O/c1-12-7-6-10-16(12)15-14(11-17-2)13-8-4-3-5-9-13/h3-10,14-15H,11H2,1-2H3. The molecule has 0 saturated heterocycles. The molecule has 1 unspecified atom stereocenters. The van der Waals surface area contributed by atoms with Crippen molar-refractivity contribution in [3.05, 3.63) is 59.9 Å². The van der Waals surface area contributed by atoms with E-state index in [1.54, 1.807) is 7.11 Å². The van der Waals surface area contributed by atoms with E-state index in [1.807, 2.05) is 35.1 Å². The first-order valence-corrected chi connectivity index (χ1v) is 5.75. The second-order valence-corrected chi connectivity index (χ2v) is 4.07. The predicted octanol–water partition coefficient (Wildman–Crippen LogP) is 2.73. The van der Waals surface area contributed by atoms with Crippen molar-refractivity contribution in [3.8, 4) is 0 Å². The molecule has 1 aromatic heterocycles. The minimum atomic E-state index is 0.160. The van der Waals surface area contributed by atoms with Crippen molar-refractivity contribution in [1.82, 2.24) is 4.68 Å². The van der Waals surface area contributed by atoms with Gasteiger partial charge in [-0.15, -0.1) is 0 Å². The van der Waals surface area contributed by atoms with E-state index < -0.39 is 0 Å². The Balaban J connectivity index is 2.16. The van der Waals surface area contributed by atoms with Gasteiger partial charge < -0.3 is 10.2 Å². The van der Waals surface area contributed by atoms with E-state index in [-0.39, 0.29) is 6.04 Å². The number of hydrogen-bond donors (Lipinski definition) is 1. The van der Waals surface area contributed by atoms with E-state index in [9.17, 15) is 0 Å². The van der Waals surface area contributed by atoms with Crippen LogP contribution in [-0.2, 0) is 4.74 Å². The SMILES string of the molecule is COCC(Nn1cccc1C)c1ccccc1. The summed E-state index contributed by atoms with van der Waals surface area (Å²) in [5.41, 5.74) is 5.84. The normalized spacial score (nSPS) is 12.4. The Morgan fingerprint density at radius 1 is 1.18 bits per heavy atom. The lowest BCUT2D eigenvalue weighted by Crippen LogP contribution is -2.24. The van der Waals surface area contributed by atoms with Crippen LogP contribution in [0, 0.1) is 6.92 Å². The third-order valence-electron chi connectivity index (χ3n) is 2.78. The average molecular weight is 230 g/mol. The van der Waals surface area contributed by atoms with Crippen LogP contribution in [0.25, 0.3) is 0 Å². The molecule has 1 aromatic carbocycles. The molecule has 0 amide bonds. The van der Waals surface area contributed by atoms with E-state index in [4.69, 9.17) is 4.74 Å². The molecule has 0 aliphatic heterocycles. The van der Waals surface area contributed by atoms with E-state index in [0.29, 0.717) is 6.61 Å². The third-order valence-corrected chi connectivity index (χ3v) is 2.78. The topological polar surface area (TPSA) is 26.2 Å². The summed E-state index contributed by atoms with van der Waals surface area (Å²) in [5, 5.41) is 0. The molecule has 1 atom stereocenters. The molecule has 1 heterocycles. The van der Waals surface area contributed by atoms with Gasteiger partial charge in [-0.25, -0.2) is 0 Å². The van der Waals surface area contributed by atoms with Crippen LogP contribution in [0.3, 0.4) is 0 Å². The van der Waals surface area contributed by atoms with Crippen LogP contribution in [0.4, 0.5) is 0 Å². The molecule has 2 rings (SSSR count). The third kappa shape index (κ3) is 2.88. The first-order chi connectivity index (χ1) is 8.31. The van der Waals surface area contributed by atoms with Crippen LogP contribution in [0.15, 0.2) is 48.7 Å². The molecule has 0 bridgehead atoms. The maximum absolute atomic E-state index is 5.27. The summed E-state index contributed by atoms with van der Waals surface area (Å²) in [6, 6.07) is 14.6. The highest BCUT2D eigenvalue weighted by molar-refractivity contribution is 5.22. The van der Waals surface area contributed by atoms with Crippen LogP contribution >= 0.6 is 0 Å². The average Bonchev–Trinajstić information content (AvgIpc) is 2.76. The molecule has 0 radical (unpaired) electrons. The van der Waals surface area contributed by atoms with Crippen molar-refractivity contribution < 1.29 is 4.74 Å². The Kier molecular flexibility index (Phi) is 3.83. The van der Waals surface area contributed by atoms with Crippen molar-refractivity contribution in [1.29, 1.82) is 0 Å². The summed E-state index contributed by atoms with van der Waals surface area (Å²) in [6.45, 7) is 2.71. The summed E-state index contributed by atoms with van der Waals surface area (Å²) < 4.78 is 7.30. The predicted molar refractivity (Wildman–Crippen MR) is 69.6 cm³/mol. The van der Waals surface area contributed by atoms with Crippen molar-refractivity contribution in [2.45, 2.75) is 13.0 Å². The van der Waals surface area contributed by atoms with Gasteiger partial charge in [-0.1, -0.05) is 30.3 Å². The number of benzene rings is 1. The molecule has 3 nitrogen and oxygen atoms in total. The zero-order valence-corrected chi connectivity index (χ0v) is 10.3. The highest BCUT2D eigenvalue weighted by Crippen LogP contribution is 2.14. The summed E-state index contributed by atoms with van der Waals surface area (Å²) in [7, 11) is 1.72. The number of nitrogens with zero attached hydrogens (tertiary/aromatic N) is 1. The molecule has 0 fully saturated rings. The fourth-order valence-electron chi connectivity index (χ4n) is 1.84. The Bertz CT molecular complexity index is 450. The molecular formula is C14H18N2O. The highest BCUT2D eigenvalue weighted by atomic mass is 16.5. The minimum absolute atomic E-state index is 0.160. The molecule has 0 aliphatic rings. The monoisotopic (exact) mass is 230 g/mol. The molecule has 3 heteroatoms. The molecule has 0 saturated carbocycles. The second-order valence-electron chi connectivity index (χ2n) is 4.07. The van der Waals surface area contributed by atoms with Crippen LogP contribution in [-0.4, -0.2) is 18.4 Å². The number of nitrogens with one attached hydrogen (secondary N) is 1. The van der Waals surface area contributed by atoms with Gasteiger partial charge in [0.2, 0.25) is 0 Å². The lowest BCUT2D eigenvalue weighted by molar-refractivity contribution is 0.182. The van der Waals surface area contributed by atoms with Crippen molar-refractivity contribution in [2.24, 2.45) is 0 Å². The highest BCUT2D eigenvalue weighted by Gasteiger charge is 2.10. The zero-order valence-electron chi connectivity index (χ0n) is 10.3. The van der Waals surface area contributed by atoms with Gasteiger partial charge in [-0.2, -0.15) is 0 Å². The maximum atomic E-state index is 5.27. The van der Waals surface area contributed by atoms with Gasteiger partial charge in [0.15, 0.2) is 0 Å². The van der Waals surface area contributed by atoms with Gasteiger partial charge in [0.1, 0.15) is 0 Å². The Morgan fingerprint density at radius 2 is 1.94 bits per heavy atom. The zero-order chi connectivity index (χ0) is 12.1. The Morgan fingerprint density at radius 3 is 2.53 bits per heavy atom. The van der Waals surface area contributed by atoms with Crippen molar-refractivity contribution in [3.63, 3.8) is 0 Å². The first kappa shape index (κ1) is 11.7. The van der Waals surface area contributed by atoms with E-state index in [2.05, 4.69) is 30.5 Å². The summed E-state index contributed by atoms with van der Waals surface area (Å²) in [4.78, 5) is 0. The van der Waals surface area contributed by atoms with Crippen molar-refractivity contribution in [2.75, 3.05) is 19.1 Å². The largest absolute Gasteiger partial charge is 0.382 e. The van der Waals surface area contributed by atoms with E-state index in [1.165, 1.54) is 11.3 Å². The summed E-state index contributed by atoms with van der Waals surface area (Å²) >= 11 is 0. The Hall–Kier alpha value is -1.74. The fraction of sp³-hybridized carbons (Fsp3) is 0.286.